The normalized spacial score (nSPS) is 12.1. The molecule has 0 fully saturated rings. The van der Waals surface area contributed by atoms with Gasteiger partial charge < -0.3 is 4.74 Å². The molecule has 1 unspecified atom stereocenters. The van der Waals surface area contributed by atoms with Crippen molar-refractivity contribution in [2.45, 2.75) is 19.4 Å². The molecule has 1 aromatic heterocycles. The van der Waals surface area contributed by atoms with Crippen LogP contribution in [0, 0.1) is 5.82 Å². The van der Waals surface area contributed by atoms with Gasteiger partial charge in [0.05, 0.1) is 6.61 Å². The van der Waals surface area contributed by atoms with Crippen molar-refractivity contribution in [1.82, 2.24) is 4.98 Å². The largest absolute Gasteiger partial charge is 0.370 e. The molecule has 1 atom stereocenters. The molecule has 20 heavy (non-hydrogen) atoms. The van der Waals surface area contributed by atoms with Crippen molar-refractivity contribution in [3.63, 3.8) is 0 Å². The number of carbonyl (C=O) groups is 1. The molecule has 3 nitrogen and oxygen atoms in total. The molecule has 0 spiro atoms. The Morgan fingerprint density at radius 2 is 2.00 bits per heavy atom. The Balaban J connectivity index is 1.84. The van der Waals surface area contributed by atoms with Gasteiger partial charge in [-0.05, 0) is 43.3 Å². The molecule has 2 rings (SSSR count). The lowest BCUT2D eigenvalue weighted by Gasteiger charge is -2.12. The van der Waals surface area contributed by atoms with Crippen molar-refractivity contribution in [2.75, 3.05) is 6.61 Å². The zero-order valence-electron chi connectivity index (χ0n) is 11.3. The summed E-state index contributed by atoms with van der Waals surface area (Å²) in [6, 6.07) is 11.2. The van der Waals surface area contributed by atoms with Crippen LogP contribution in [0.15, 0.2) is 48.7 Å². The van der Waals surface area contributed by atoms with Crippen LogP contribution in [0.5, 0.6) is 0 Å². The molecule has 4 heteroatoms. The lowest BCUT2D eigenvalue weighted by atomic mass is 10.1. The number of benzene rings is 1. The minimum Gasteiger partial charge on any atom is -0.370 e. The smallest absolute Gasteiger partial charge is 0.191 e. The number of Topliss-reactive ketones (excluding diaryl/α,β-unsaturated/α-hetero) is 1. The van der Waals surface area contributed by atoms with Gasteiger partial charge in [0.1, 0.15) is 11.9 Å². The molecule has 1 heterocycles. The highest BCUT2D eigenvalue weighted by atomic mass is 19.1. The number of ether oxygens (including phenoxy) is 1. The maximum Gasteiger partial charge on any atom is 0.191 e. The third kappa shape index (κ3) is 3.96. The molecular weight excluding hydrogens is 257 g/mol. The van der Waals surface area contributed by atoms with E-state index < -0.39 is 6.10 Å². The van der Waals surface area contributed by atoms with E-state index >= 15 is 0 Å². The van der Waals surface area contributed by atoms with Gasteiger partial charge in [-0.15, -0.1) is 0 Å². The third-order valence-electron chi connectivity index (χ3n) is 2.95. The molecule has 2 aromatic rings. The number of rotatable bonds is 6. The summed E-state index contributed by atoms with van der Waals surface area (Å²) in [6.07, 6.45) is 1.83. The van der Waals surface area contributed by atoms with E-state index in [1.165, 1.54) is 24.3 Å². The molecule has 0 aliphatic heterocycles. The summed E-state index contributed by atoms with van der Waals surface area (Å²) in [5.74, 6) is -0.503. The van der Waals surface area contributed by atoms with Crippen LogP contribution in [0.4, 0.5) is 4.39 Å². The van der Waals surface area contributed by atoms with Gasteiger partial charge in [0.2, 0.25) is 0 Å². The van der Waals surface area contributed by atoms with Crippen LogP contribution in [0.25, 0.3) is 0 Å². The lowest BCUT2D eigenvalue weighted by molar-refractivity contribution is 0.0485. The number of hydrogen-bond acceptors (Lipinski definition) is 3. The van der Waals surface area contributed by atoms with E-state index in [1.807, 2.05) is 18.2 Å². The molecule has 0 aliphatic rings. The zero-order valence-corrected chi connectivity index (χ0v) is 11.3. The Bertz CT molecular complexity index is 554. The molecule has 1 aromatic carbocycles. The highest BCUT2D eigenvalue weighted by Crippen LogP contribution is 2.08. The first-order valence-electron chi connectivity index (χ1n) is 6.48. The van der Waals surface area contributed by atoms with E-state index in [2.05, 4.69) is 4.98 Å². The number of halogens is 1. The first-order chi connectivity index (χ1) is 9.66. The van der Waals surface area contributed by atoms with Crippen LogP contribution in [-0.4, -0.2) is 23.5 Å². The number of ketones is 1. The van der Waals surface area contributed by atoms with Gasteiger partial charge in [0, 0.05) is 23.9 Å². The third-order valence-corrected chi connectivity index (χ3v) is 2.95. The van der Waals surface area contributed by atoms with E-state index in [9.17, 15) is 9.18 Å². The molecule has 0 bridgehead atoms. The number of nitrogens with zero attached hydrogens (tertiary/aromatic N) is 1. The SMILES string of the molecule is CC(OCCc1ccccn1)C(=O)c1ccc(F)cc1. The van der Waals surface area contributed by atoms with Gasteiger partial charge in [-0.2, -0.15) is 0 Å². The van der Waals surface area contributed by atoms with Crippen LogP contribution in [0.3, 0.4) is 0 Å². The zero-order chi connectivity index (χ0) is 14.4. The maximum absolute atomic E-state index is 12.8. The summed E-state index contributed by atoms with van der Waals surface area (Å²) in [5, 5.41) is 0. The Morgan fingerprint density at radius 3 is 2.65 bits per heavy atom. The minimum absolute atomic E-state index is 0.147. The first kappa shape index (κ1) is 14.3. The summed E-state index contributed by atoms with van der Waals surface area (Å²) >= 11 is 0. The van der Waals surface area contributed by atoms with Gasteiger partial charge in [-0.25, -0.2) is 4.39 Å². The molecule has 0 saturated heterocycles. The molecular formula is C16H16FNO2. The van der Waals surface area contributed by atoms with Gasteiger partial charge in [0.15, 0.2) is 5.78 Å². The Morgan fingerprint density at radius 1 is 1.25 bits per heavy atom. The van der Waals surface area contributed by atoms with Crippen LogP contribution in [-0.2, 0) is 11.2 Å². The van der Waals surface area contributed by atoms with Crippen LogP contribution in [0.1, 0.15) is 23.0 Å². The quantitative estimate of drug-likeness (QED) is 0.759. The second-order valence-corrected chi connectivity index (χ2v) is 4.46. The number of hydrogen-bond donors (Lipinski definition) is 0. The van der Waals surface area contributed by atoms with E-state index in [0.717, 1.165) is 5.69 Å². The average molecular weight is 273 g/mol. The molecule has 0 amide bonds. The predicted molar refractivity (Wildman–Crippen MR) is 74.1 cm³/mol. The summed E-state index contributed by atoms with van der Waals surface area (Å²) in [7, 11) is 0. The Labute approximate surface area is 117 Å². The predicted octanol–water partition coefficient (Wildman–Crippen LogP) is 3.05. The van der Waals surface area contributed by atoms with E-state index in [0.29, 0.717) is 18.6 Å². The maximum atomic E-state index is 12.8. The van der Waals surface area contributed by atoms with E-state index in [4.69, 9.17) is 4.74 Å². The van der Waals surface area contributed by atoms with Gasteiger partial charge >= 0.3 is 0 Å². The van der Waals surface area contributed by atoms with E-state index in [1.54, 1.807) is 13.1 Å². The topological polar surface area (TPSA) is 39.2 Å². The number of aromatic nitrogens is 1. The van der Waals surface area contributed by atoms with Crippen molar-refractivity contribution >= 4 is 5.78 Å². The van der Waals surface area contributed by atoms with Crippen molar-refractivity contribution in [3.05, 3.63) is 65.7 Å². The molecule has 104 valence electrons. The highest BCUT2D eigenvalue weighted by molar-refractivity contribution is 5.99. The summed E-state index contributed by atoms with van der Waals surface area (Å²) in [6.45, 7) is 2.12. The molecule has 0 saturated carbocycles. The molecule has 0 aliphatic carbocycles. The van der Waals surface area contributed by atoms with Crippen molar-refractivity contribution in [1.29, 1.82) is 0 Å². The summed E-state index contributed by atoms with van der Waals surface area (Å²) < 4.78 is 18.3. The van der Waals surface area contributed by atoms with Crippen LogP contribution in [0.2, 0.25) is 0 Å². The monoisotopic (exact) mass is 273 g/mol. The van der Waals surface area contributed by atoms with Gasteiger partial charge in [0.25, 0.3) is 0 Å². The summed E-state index contributed by atoms with van der Waals surface area (Å²) in [4.78, 5) is 16.2. The number of pyridine rings is 1. The van der Waals surface area contributed by atoms with Gasteiger partial charge in [-0.3, -0.25) is 9.78 Å². The van der Waals surface area contributed by atoms with Crippen molar-refractivity contribution in [3.8, 4) is 0 Å². The highest BCUT2D eigenvalue weighted by Gasteiger charge is 2.15. The Kier molecular flexibility index (Phi) is 4.96. The average Bonchev–Trinajstić information content (AvgIpc) is 2.48. The minimum atomic E-state index is -0.552. The fraction of sp³-hybridized carbons (Fsp3) is 0.250. The lowest BCUT2D eigenvalue weighted by Crippen LogP contribution is -2.22. The number of carbonyl (C=O) groups excluding carboxylic acids is 1. The summed E-state index contributed by atoms with van der Waals surface area (Å²) in [5.41, 5.74) is 1.38. The standard InChI is InChI=1S/C16H16FNO2/c1-12(16(19)13-5-7-14(17)8-6-13)20-11-9-15-4-2-3-10-18-15/h2-8,10,12H,9,11H2,1H3. The molecule has 0 radical (unpaired) electrons. The fourth-order valence-electron chi connectivity index (χ4n) is 1.81. The second-order valence-electron chi connectivity index (χ2n) is 4.46. The van der Waals surface area contributed by atoms with E-state index in [-0.39, 0.29) is 11.6 Å². The van der Waals surface area contributed by atoms with Crippen molar-refractivity contribution in [2.24, 2.45) is 0 Å². The fourth-order valence-corrected chi connectivity index (χ4v) is 1.81. The van der Waals surface area contributed by atoms with Crippen LogP contribution >= 0.6 is 0 Å². The first-order valence-corrected chi connectivity index (χ1v) is 6.48. The molecule has 0 N–H and O–H groups in total. The van der Waals surface area contributed by atoms with Crippen molar-refractivity contribution < 1.29 is 13.9 Å². The Hall–Kier alpha value is -2.07. The second kappa shape index (κ2) is 6.91. The van der Waals surface area contributed by atoms with Gasteiger partial charge in [-0.1, -0.05) is 6.07 Å². The van der Waals surface area contributed by atoms with Crippen LogP contribution < -0.4 is 0 Å².